The van der Waals surface area contributed by atoms with Gasteiger partial charge in [-0.2, -0.15) is 0 Å². The highest BCUT2D eigenvalue weighted by molar-refractivity contribution is 6.35. The van der Waals surface area contributed by atoms with E-state index in [0.29, 0.717) is 30.1 Å². The van der Waals surface area contributed by atoms with Crippen molar-refractivity contribution in [1.29, 1.82) is 0 Å². The van der Waals surface area contributed by atoms with Crippen molar-refractivity contribution >= 4 is 17.4 Å². The summed E-state index contributed by atoms with van der Waals surface area (Å²) in [6.45, 7) is 0.674. The Hall–Kier alpha value is -2.04. The van der Waals surface area contributed by atoms with Gasteiger partial charge in [0.15, 0.2) is 5.78 Å². The largest absolute Gasteiger partial charge is 0.488 e. The first-order chi connectivity index (χ1) is 15.4. The Labute approximate surface area is 189 Å². The van der Waals surface area contributed by atoms with E-state index in [2.05, 4.69) is 0 Å². The number of aliphatic hydroxyl groups excluding tert-OH is 4. The van der Waals surface area contributed by atoms with Gasteiger partial charge in [-0.3, -0.25) is 4.79 Å². The summed E-state index contributed by atoms with van der Waals surface area (Å²) >= 11 is 6.28. The van der Waals surface area contributed by atoms with Gasteiger partial charge in [-0.25, -0.2) is 0 Å². The van der Waals surface area contributed by atoms with E-state index in [0.717, 1.165) is 6.42 Å². The lowest BCUT2D eigenvalue weighted by Crippen LogP contribution is -2.55. The number of hydrogen-bond acceptors (Lipinski definition) is 8. The predicted molar refractivity (Wildman–Crippen MR) is 114 cm³/mol. The molecule has 0 bridgehead atoms. The first-order valence-electron chi connectivity index (χ1n) is 10.4. The molecule has 4 N–H and O–H groups in total. The summed E-state index contributed by atoms with van der Waals surface area (Å²) in [5.41, 5.74) is 0.975. The maximum atomic E-state index is 13.1. The molecule has 2 aromatic rings. The number of carbonyl (C=O) groups excluding carboxylic acids is 1. The van der Waals surface area contributed by atoms with Crippen molar-refractivity contribution in [2.75, 3.05) is 19.8 Å². The van der Waals surface area contributed by atoms with Crippen LogP contribution in [0.3, 0.4) is 0 Å². The summed E-state index contributed by atoms with van der Waals surface area (Å²) in [6, 6.07) is 11.3. The normalized spacial score (nSPS) is 30.3. The summed E-state index contributed by atoms with van der Waals surface area (Å²) < 4.78 is 16.7. The van der Waals surface area contributed by atoms with E-state index in [4.69, 9.17) is 25.8 Å². The molecule has 172 valence electrons. The summed E-state index contributed by atoms with van der Waals surface area (Å²) in [4.78, 5) is 13.1. The Balaban J connectivity index is 1.55. The molecule has 0 aromatic heterocycles. The molecule has 1 unspecified atom stereocenters. The van der Waals surface area contributed by atoms with Gasteiger partial charge in [-0.1, -0.05) is 17.7 Å². The monoisotopic (exact) mass is 464 g/mol. The van der Waals surface area contributed by atoms with Crippen LogP contribution in [-0.4, -0.2) is 76.5 Å². The number of ether oxygens (including phenoxy) is 3. The van der Waals surface area contributed by atoms with Crippen molar-refractivity contribution in [3.63, 3.8) is 0 Å². The molecule has 0 amide bonds. The molecule has 0 radical (unpaired) electrons. The molecule has 0 aliphatic carbocycles. The van der Waals surface area contributed by atoms with Gasteiger partial charge >= 0.3 is 0 Å². The number of rotatable bonds is 6. The Morgan fingerprint density at radius 1 is 1.06 bits per heavy atom. The molecule has 0 spiro atoms. The van der Waals surface area contributed by atoms with Crippen LogP contribution >= 0.6 is 11.6 Å². The third-order valence-corrected chi connectivity index (χ3v) is 6.09. The zero-order valence-corrected chi connectivity index (χ0v) is 17.9. The van der Waals surface area contributed by atoms with E-state index in [1.165, 1.54) is 12.1 Å². The van der Waals surface area contributed by atoms with E-state index in [1.807, 2.05) is 0 Å². The van der Waals surface area contributed by atoms with E-state index in [1.54, 1.807) is 30.3 Å². The lowest BCUT2D eigenvalue weighted by atomic mass is 9.90. The molecule has 2 aromatic carbocycles. The number of aliphatic hydroxyl groups is 4. The summed E-state index contributed by atoms with van der Waals surface area (Å²) in [7, 11) is 0. The SMILES string of the molecule is O=C(c1ccc(O[C@H]2CCOC2)cc1)c1cc(C2O[C@H](CO)[C@@H](O)[C@H](O)[C@H]2O)ccc1Cl. The molecule has 2 heterocycles. The second kappa shape index (κ2) is 9.84. The van der Waals surface area contributed by atoms with Crippen molar-refractivity contribution in [1.82, 2.24) is 0 Å². The van der Waals surface area contributed by atoms with Gasteiger partial charge in [0.2, 0.25) is 0 Å². The summed E-state index contributed by atoms with van der Waals surface area (Å²) in [5.74, 6) is 0.301. The molecule has 2 aliphatic heterocycles. The van der Waals surface area contributed by atoms with Crippen LogP contribution in [0.25, 0.3) is 0 Å². The highest BCUT2D eigenvalue weighted by Gasteiger charge is 2.44. The minimum atomic E-state index is -1.52. The third-order valence-electron chi connectivity index (χ3n) is 5.76. The van der Waals surface area contributed by atoms with Gasteiger partial charge < -0.3 is 34.6 Å². The van der Waals surface area contributed by atoms with Crippen molar-refractivity contribution in [3.8, 4) is 5.75 Å². The molecule has 2 saturated heterocycles. The summed E-state index contributed by atoms with van der Waals surface area (Å²) in [6.07, 6.45) is -5.71. The number of benzene rings is 2. The molecule has 2 fully saturated rings. The highest BCUT2D eigenvalue weighted by atomic mass is 35.5. The van der Waals surface area contributed by atoms with Crippen LogP contribution < -0.4 is 4.74 Å². The van der Waals surface area contributed by atoms with Crippen molar-refractivity contribution in [2.45, 2.75) is 43.0 Å². The molecular weight excluding hydrogens is 440 g/mol. The van der Waals surface area contributed by atoms with Crippen LogP contribution in [0.15, 0.2) is 42.5 Å². The zero-order chi connectivity index (χ0) is 22.8. The topological polar surface area (TPSA) is 126 Å². The lowest BCUT2D eigenvalue weighted by Gasteiger charge is -2.40. The molecular formula is C23H25ClO8. The van der Waals surface area contributed by atoms with Crippen molar-refractivity contribution in [3.05, 3.63) is 64.2 Å². The Bertz CT molecular complexity index is 942. The van der Waals surface area contributed by atoms with Gasteiger partial charge in [-0.15, -0.1) is 0 Å². The number of hydrogen-bond donors (Lipinski definition) is 4. The molecule has 0 saturated carbocycles. The highest BCUT2D eigenvalue weighted by Crippen LogP contribution is 2.34. The first-order valence-corrected chi connectivity index (χ1v) is 10.8. The lowest BCUT2D eigenvalue weighted by molar-refractivity contribution is -0.231. The Morgan fingerprint density at radius 2 is 1.81 bits per heavy atom. The third kappa shape index (κ3) is 4.67. The maximum absolute atomic E-state index is 13.1. The average Bonchev–Trinajstić information content (AvgIpc) is 3.31. The zero-order valence-electron chi connectivity index (χ0n) is 17.1. The van der Waals surface area contributed by atoms with Gasteiger partial charge in [0.1, 0.15) is 42.4 Å². The fourth-order valence-electron chi connectivity index (χ4n) is 3.91. The molecule has 6 atom stereocenters. The molecule has 9 heteroatoms. The Kier molecular flexibility index (Phi) is 7.11. The van der Waals surface area contributed by atoms with E-state index in [-0.39, 0.29) is 22.5 Å². The van der Waals surface area contributed by atoms with Gasteiger partial charge in [-0.05, 0) is 42.0 Å². The minimum Gasteiger partial charge on any atom is -0.488 e. The second-order valence-electron chi connectivity index (χ2n) is 7.95. The molecule has 8 nitrogen and oxygen atoms in total. The van der Waals surface area contributed by atoms with Crippen LogP contribution in [0.4, 0.5) is 0 Å². The predicted octanol–water partition coefficient (Wildman–Crippen LogP) is 1.25. The van der Waals surface area contributed by atoms with Gasteiger partial charge in [0.25, 0.3) is 0 Å². The van der Waals surface area contributed by atoms with Gasteiger partial charge in [0, 0.05) is 17.5 Å². The average molecular weight is 465 g/mol. The number of ketones is 1. The van der Waals surface area contributed by atoms with Crippen molar-refractivity contribution in [2.24, 2.45) is 0 Å². The maximum Gasteiger partial charge on any atom is 0.194 e. The first kappa shape index (κ1) is 23.1. The molecule has 32 heavy (non-hydrogen) atoms. The second-order valence-corrected chi connectivity index (χ2v) is 8.35. The Morgan fingerprint density at radius 3 is 2.47 bits per heavy atom. The van der Waals surface area contributed by atoms with Crippen molar-refractivity contribution < 1.29 is 39.4 Å². The molecule has 2 aliphatic rings. The number of carbonyl (C=O) groups is 1. The molecule has 4 rings (SSSR count). The minimum absolute atomic E-state index is 0.00112. The fraction of sp³-hybridized carbons (Fsp3) is 0.435. The fourth-order valence-corrected chi connectivity index (χ4v) is 4.11. The van der Waals surface area contributed by atoms with E-state index >= 15 is 0 Å². The van der Waals surface area contributed by atoms with E-state index in [9.17, 15) is 25.2 Å². The van der Waals surface area contributed by atoms with Crippen LogP contribution in [0.1, 0.15) is 34.0 Å². The van der Waals surface area contributed by atoms with Crippen LogP contribution in [0, 0.1) is 0 Å². The standard InChI is InChI=1S/C23H25ClO8/c24-17-6-3-13(23-22(29)21(28)20(27)18(10-25)32-23)9-16(17)19(26)12-1-4-14(5-2-12)31-15-7-8-30-11-15/h1-6,9,15,18,20-23,25,27-29H,7-8,10-11H2/t15-,18+,20+,21-,22+,23?/m0/s1. The van der Waals surface area contributed by atoms with Crippen LogP contribution in [0.2, 0.25) is 5.02 Å². The van der Waals surface area contributed by atoms with Gasteiger partial charge in [0.05, 0.1) is 24.8 Å². The van der Waals surface area contributed by atoms with E-state index < -0.39 is 37.1 Å². The smallest absolute Gasteiger partial charge is 0.194 e. The summed E-state index contributed by atoms with van der Waals surface area (Å²) in [5, 5.41) is 40.1. The van der Waals surface area contributed by atoms with Crippen LogP contribution in [-0.2, 0) is 9.47 Å². The quantitative estimate of drug-likeness (QED) is 0.471. The number of halogens is 1. The van der Waals surface area contributed by atoms with Crippen LogP contribution in [0.5, 0.6) is 5.75 Å².